The number of nitrogens with one attached hydrogen (secondary N) is 2. The SMILES string of the molecule is CSCCC(NC(=O)C(CCC(=O)O)NC(=O)C(N)C(C)C)C(=O)O. The third kappa shape index (κ3) is 9.30. The molecule has 0 aliphatic rings. The Hall–Kier alpha value is -1.81. The van der Waals surface area contributed by atoms with E-state index in [9.17, 15) is 19.2 Å². The fourth-order valence-corrected chi connectivity index (χ4v) is 2.34. The van der Waals surface area contributed by atoms with Gasteiger partial charge in [0.1, 0.15) is 12.1 Å². The van der Waals surface area contributed by atoms with Crippen LogP contribution in [0, 0.1) is 5.92 Å². The number of carbonyl (C=O) groups is 4. The average Bonchev–Trinajstić information content (AvgIpc) is 2.53. The van der Waals surface area contributed by atoms with Gasteiger partial charge in [0.15, 0.2) is 0 Å². The molecule has 0 aliphatic carbocycles. The Balaban J connectivity index is 5.04. The highest BCUT2D eigenvalue weighted by Gasteiger charge is 2.28. The number of hydrogen-bond donors (Lipinski definition) is 5. The minimum absolute atomic E-state index is 0.160. The highest BCUT2D eigenvalue weighted by molar-refractivity contribution is 7.98. The number of nitrogens with two attached hydrogens (primary N) is 1. The summed E-state index contributed by atoms with van der Waals surface area (Å²) in [6, 6.07) is -3.13. The molecule has 0 spiro atoms. The van der Waals surface area contributed by atoms with Gasteiger partial charge in [0.25, 0.3) is 0 Å². The lowest BCUT2D eigenvalue weighted by Gasteiger charge is -2.23. The van der Waals surface area contributed by atoms with Crippen LogP contribution in [0.5, 0.6) is 0 Å². The van der Waals surface area contributed by atoms with Crippen molar-refractivity contribution in [3.8, 4) is 0 Å². The van der Waals surface area contributed by atoms with Gasteiger partial charge in [0.05, 0.1) is 6.04 Å². The molecule has 25 heavy (non-hydrogen) atoms. The van der Waals surface area contributed by atoms with Crippen molar-refractivity contribution in [2.24, 2.45) is 11.7 Å². The van der Waals surface area contributed by atoms with E-state index in [0.29, 0.717) is 5.75 Å². The largest absolute Gasteiger partial charge is 0.481 e. The molecule has 10 heteroatoms. The second-order valence-corrected chi connectivity index (χ2v) is 6.93. The topological polar surface area (TPSA) is 159 Å². The van der Waals surface area contributed by atoms with Crippen molar-refractivity contribution in [1.29, 1.82) is 0 Å². The summed E-state index contributed by atoms with van der Waals surface area (Å²) in [4.78, 5) is 46.4. The molecule has 0 saturated heterocycles. The molecule has 0 heterocycles. The van der Waals surface area contributed by atoms with E-state index in [2.05, 4.69) is 10.6 Å². The fraction of sp³-hybridized carbons (Fsp3) is 0.733. The van der Waals surface area contributed by atoms with Crippen LogP contribution in [0.2, 0.25) is 0 Å². The monoisotopic (exact) mass is 377 g/mol. The molecular formula is C15H27N3O6S. The maximum absolute atomic E-state index is 12.3. The molecule has 0 radical (unpaired) electrons. The van der Waals surface area contributed by atoms with E-state index in [1.54, 1.807) is 13.8 Å². The Morgan fingerprint density at radius 2 is 1.56 bits per heavy atom. The minimum atomic E-state index is -1.19. The summed E-state index contributed by atoms with van der Waals surface area (Å²) in [7, 11) is 0. The molecule has 0 aliphatic heterocycles. The van der Waals surface area contributed by atoms with Gasteiger partial charge in [-0.1, -0.05) is 13.8 Å². The van der Waals surface area contributed by atoms with Gasteiger partial charge in [0, 0.05) is 6.42 Å². The van der Waals surface area contributed by atoms with Crippen molar-refractivity contribution in [2.45, 2.75) is 51.2 Å². The highest BCUT2D eigenvalue weighted by atomic mass is 32.2. The molecule has 6 N–H and O–H groups in total. The lowest BCUT2D eigenvalue weighted by molar-refractivity contribution is -0.143. The summed E-state index contributed by atoms with van der Waals surface area (Å²) in [6.45, 7) is 3.47. The van der Waals surface area contributed by atoms with E-state index in [0.717, 1.165) is 0 Å². The van der Waals surface area contributed by atoms with Gasteiger partial charge in [-0.2, -0.15) is 11.8 Å². The van der Waals surface area contributed by atoms with E-state index < -0.39 is 41.9 Å². The van der Waals surface area contributed by atoms with Crippen LogP contribution in [0.1, 0.15) is 33.1 Å². The lowest BCUT2D eigenvalue weighted by atomic mass is 10.0. The molecule has 2 amide bonds. The molecule has 144 valence electrons. The first kappa shape index (κ1) is 23.2. The Labute approximate surface area is 151 Å². The van der Waals surface area contributed by atoms with Crippen LogP contribution in [-0.4, -0.2) is 64.1 Å². The minimum Gasteiger partial charge on any atom is -0.481 e. The highest BCUT2D eigenvalue weighted by Crippen LogP contribution is 2.05. The van der Waals surface area contributed by atoms with E-state index in [-0.39, 0.29) is 25.2 Å². The number of hydrogen-bond acceptors (Lipinski definition) is 6. The Kier molecular flexibility index (Phi) is 10.8. The predicted molar refractivity (Wildman–Crippen MR) is 94.2 cm³/mol. The van der Waals surface area contributed by atoms with Gasteiger partial charge in [-0.25, -0.2) is 4.79 Å². The van der Waals surface area contributed by atoms with Gasteiger partial charge in [-0.05, 0) is 30.8 Å². The molecular weight excluding hydrogens is 350 g/mol. The number of carboxylic acid groups (broad SMARTS) is 2. The number of carboxylic acids is 2. The molecule has 0 fully saturated rings. The van der Waals surface area contributed by atoms with Crippen LogP contribution in [0.15, 0.2) is 0 Å². The predicted octanol–water partition coefficient (Wildman–Crippen LogP) is -0.358. The smallest absolute Gasteiger partial charge is 0.326 e. The van der Waals surface area contributed by atoms with Gasteiger partial charge < -0.3 is 26.6 Å². The molecule has 3 unspecified atom stereocenters. The third-order valence-corrected chi connectivity index (χ3v) is 4.17. The van der Waals surface area contributed by atoms with Gasteiger partial charge in [-0.3, -0.25) is 14.4 Å². The summed E-state index contributed by atoms with van der Waals surface area (Å²) in [5, 5.41) is 22.7. The molecule has 3 atom stereocenters. The van der Waals surface area contributed by atoms with Gasteiger partial charge in [0.2, 0.25) is 11.8 Å². The second-order valence-electron chi connectivity index (χ2n) is 5.94. The van der Waals surface area contributed by atoms with Gasteiger partial charge in [-0.15, -0.1) is 0 Å². The summed E-state index contributed by atoms with van der Waals surface area (Å²) < 4.78 is 0. The van der Waals surface area contributed by atoms with Crippen molar-refractivity contribution in [2.75, 3.05) is 12.0 Å². The maximum atomic E-state index is 12.3. The van der Waals surface area contributed by atoms with Gasteiger partial charge >= 0.3 is 11.9 Å². The molecule has 0 bridgehead atoms. The second kappa shape index (κ2) is 11.7. The van der Waals surface area contributed by atoms with Crippen molar-refractivity contribution in [3.63, 3.8) is 0 Å². The number of amides is 2. The molecule has 0 aromatic heterocycles. The zero-order valence-electron chi connectivity index (χ0n) is 14.7. The Morgan fingerprint density at radius 3 is 2.00 bits per heavy atom. The van der Waals surface area contributed by atoms with Crippen molar-refractivity contribution in [3.05, 3.63) is 0 Å². The maximum Gasteiger partial charge on any atom is 0.326 e. The Bertz CT molecular complexity index is 486. The van der Waals surface area contributed by atoms with Crippen molar-refractivity contribution >= 4 is 35.5 Å². The molecule has 0 aromatic carbocycles. The summed E-state index contributed by atoms with van der Waals surface area (Å²) in [5.74, 6) is -3.28. The molecule has 0 rings (SSSR count). The summed E-state index contributed by atoms with van der Waals surface area (Å²) in [6.07, 6.45) is 1.52. The van der Waals surface area contributed by atoms with Crippen LogP contribution in [0.4, 0.5) is 0 Å². The number of aliphatic carboxylic acids is 2. The van der Waals surface area contributed by atoms with Crippen molar-refractivity contribution < 1.29 is 29.4 Å². The Morgan fingerprint density at radius 1 is 1.00 bits per heavy atom. The first-order valence-electron chi connectivity index (χ1n) is 7.90. The molecule has 0 aromatic rings. The number of rotatable bonds is 12. The van der Waals surface area contributed by atoms with Crippen LogP contribution in [0.3, 0.4) is 0 Å². The standard InChI is InChI=1S/C15H27N3O6S/c1-8(2)12(16)14(22)17-9(4-5-11(19)20)13(21)18-10(15(23)24)6-7-25-3/h8-10,12H,4-7,16H2,1-3H3,(H,17,22)(H,18,21)(H,19,20)(H,23,24). The van der Waals surface area contributed by atoms with Crippen LogP contribution in [-0.2, 0) is 19.2 Å². The number of thioether (sulfide) groups is 1. The summed E-state index contributed by atoms with van der Waals surface area (Å²) in [5.41, 5.74) is 5.72. The van der Waals surface area contributed by atoms with Crippen LogP contribution in [0.25, 0.3) is 0 Å². The van der Waals surface area contributed by atoms with E-state index >= 15 is 0 Å². The lowest BCUT2D eigenvalue weighted by Crippen LogP contribution is -2.55. The first-order valence-corrected chi connectivity index (χ1v) is 9.29. The number of carbonyl (C=O) groups excluding carboxylic acids is 2. The quantitative estimate of drug-likeness (QED) is 0.308. The van der Waals surface area contributed by atoms with Crippen LogP contribution < -0.4 is 16.4 Å². The zero-order chi connectivity index (χ0) is 19.6. The molecule has 0 saturated carbocycles. The zero-order valence-corrected chi connectivity index (χ0v) is 15.5. The third-order valence-electron chi connectivity index (χ3n) is 3.53. The average molecular weight is 377 g/mol. The van der Waals surface area contributed by atoms with Crippen LogP contribution >= 0.6 is 11.8 Å². The van der Waals surface area contributed by atoms with E-state index in [4.69, 9.17) is 15.9 Å². The fourth-order valence-electron chi connectivity index (χ4n) is 1.87. The first-order chi connectivity index (χ1) is 11.6. The normalized spacial score (nSPS) is 14.4. The van der Waals surface area contributed by atoms with Crippen molar-refractivity contribution in [1.82, 2.24) is 10.6 Å². The van der Waals surface area contributed by atoms with E-state index in [1.165, 1.54) is 11.8 Å². The molecule has 9 nitrogen and oxygen atoms in total. The van der Waals surface area contributed by atoms with E-state index in [1.807, 2.05) is 6.26 Å². The summed E-state index contributed by atoms with van der Waals surface area (Å²) >= 11 is 1.44.